The van der Waals surface area contributed by atoms with Crippen molar-refractivity contribution in [1.29, 1.82) is 0 Å². The van der Waals surface area contributed by atoms with Gasteiger partial charge in [0.05, 0.1) is 16.2 Å². The van der Waals surface area contributed by atoms with E-state index in [1.54, 1.807) is 6.92 Å². The lowest BCUT2D eigenvalue weighted by molar-refractivity contribution is -0.385. The van der Waals surface area contributed by atoms with E-state index in [9.17, 15) is 14.9 Å². The van der Waals surface area contributed by atoms with Crippen LogP contribution < -0.4 is 5.32 Å². The number of fused-ring (bicyclic) bond motifs is 2. The number of aryl methyl sites for hydroxylation is 2. The summed E-state index contributed by atoms with van der Waals surface area (Å²) in [5.41, 5.74) is 3.70. The van der Waals surface area contributed by atoms with E-state index >= 15 is 0 Å². The van der Waals surface area contributed by atoms with Gasteiger partial charge in [-0.1, -0.05) is 24.3 Å². The van der Waals surface area contributed by atoms with Crippen molar-refractivity contribution < 1.29 is 9.72 Å². The molecule has 0 bridgehead atoms. The standard InChI is InChI=1S/C20H21N3O3/c1-13-17(9-16(12-21-13)23(25)26)19(24)22-11-15-10-20(15)8-4-6-14-5-2-3-7-18(14)20/h2-3,5,7,9,12,15H,4,6,8,10-11H2,1H3,(H,22,24). The minimum Gasteiger partial charge on any atom is -0.352 e. The van der Waals surface area contributed by atoms with Gasteiger partial charge in [-0.15, -0.1) is 0 Å². The zero-order valence-electron chi connectivity index (χ0n) is 14.7. The van der Waals surface area contributed by atoms with Crippen molar-refractivity contribution in [3.63, 3.8) is 0 Å². The van der Waals surface area contributed by atoms with Crippen LogP contribution in [0.15, 0.2) is 36.5 Å². The summed E-state index contributed by atoms with van der Waals surface area (Å²) in [7, 11) is 0. The molecule has 0 aliphatic heterocycles. The van der Waals surface area contributed by atoms with Crippen molar-refractivity contribution in [2.24, 2.45) is 5.92 Å². The van der Waals surface area contributed by atoms with Gasteiger partial charge < -0.3 is 5.32 Å². The molecule has 0 radical (unpaired) electrons. The van der Waals surface area contributed by atoms with Crippen LogP contribution >= 0.6 is 0 Å². The summed E-state index contributed by atoms with van der Waals surface area (Å²) in [6, 6.07) is 9.93. The Morgan fingerprint density at radius 2 is 2.23 bits per heavy atom. The van der Waals surface area contributed by atoms with Gasteiger partial charge in [-0.25, -0.2) is 0 Å². The molecule has 2 aliphatic carbocycles. The van der Waals surface area contributed by atoms with Crippen molar-refractivity contribution >= 4 is 11.6 Å². The Hall–Kier alpha value is -2.76. The molecule has 1 amide bonds. The summed E-state index contributed by atoms with van der Waals surface area (Å²) in [5, 5.41) is 13.9. The fraction of sp³-hybridized carbons (Fsp3) is 0.400. The number of aromatic nitrogens is 1. The molecule has 134 valence electrons. The van der Waals surface area contributed by atoms with Gasteiger partial charge in [0.2, 0.25) is 0 Å². The Labute approximate surface area is 151 Å². The quantitative estimate of drug-likeness (QED) is 0.676. The number of pyridine rings is 1. The second-order valence-electron chi connectivity index (χ2n) is 7.36. The SMILES string of the molecule is Cc1ncc([N+](=O)[O-])cc1C(=O)NCC1CC12CCCc1ccccc12. The number of hydrogen-bond donors (Lipinski definition) is 1. The van der Waals surface area contributed by atoms with E-state index in [4.69, 9.17) is 0 Å². The average Bonchev–Trinajstić information content (AvgIpc) is 3.33. The average molecular weight is 351 g/mol. The molecular formula is C20H21N3O3. The summed E-state index contributed by atoms with van der Waals surface area (Å²) in [4.78, 5) is 26.9. The van der Waals surface area contributed by atoms with Crippen LogP contribution in [-0.4, -0.2) is 22.4 Å². The molecule has 6 heteroatoms. The summed E-state index contributed by atoms with van der Waals surface area (Å²) in [6.45, 7) is 2.28. The fourth-order valence-corrected chi connectivity index (χ4v) is 4.40. The summed E-state index contributed by atoms with van der Waals surface area (Å²) < 4.78 is 0. The van der Waals surface area contributed by atoms with E-state index in [0.717, 1.165) is 12.8 Å². The van der Waals surface area contributed by atoms with Crippen molar-refractivity contribution in [3.8, 4) is 0 Å². The third-order valence-electron chi connectivity index (χ3n) is 5.89. The lowest BCUT2D eigenvalue weighted by Crippen LogP contribution is -2.29. The molecule has 1 aromatic heterocycles. The maximum absolute atomic E-state index is 12.5. The molecule has 6 nitrogen and oxygen atoms in total. The molecule has 1 spiro atoms. The van der Waals surface area contributed by atoms with Gasteiger partial charge in [0.25, 0.3) is 11.6 Å². The van der Waals surface area contributed by atoms with Crippen LogP contribution in [-0.2, 0) is 11.8 Å². The highest BCUT2D eigenvalue weighted by molar-refractivity contribution is 5.95. The largest absolute Gasteiger partial charge is 0.352 e. The van der Waals surface area contributed by atoms with Crippen LogP contribution in [0.5, 0.6) is 0 Å². The predicted octanol–water partition coefficient (Wildman–Crippen LogP) is 3.32. The van der Waals surface area contributed by atoms with Crippen LogP contribution in [0.4, 0.5) is 5.69 Å². The predicted molar refractivity (Wildman–Crippen MR) is 97.1 cm³/mol. The molecule has 1 saturated carbocycles. The minimum atomic E-state index is -0.530. The number of carbonyl (C=O) groups is 1. The first-order valence-corrected chi connectivity index (χ1v) is 8.99. The van der Waals surface area contributed by atoms with Gasteiger partial charge >= 0.3 is 0 Å². The number of carbonyl (C=O) groups excluding carboxylic acids is 1. The monoisotopic (exact) mass is 351 g/mol. The third kappa shape index (κ3) is 2.75. The van der Waals surface area contributed by atoms with Crippen LogP contribution in [0.2, 0.25) is 0 Å². The maximum atomic E-state index is 12.5. The van der Waals surface area contributed by atoms with E-state index in [1.165, 1.54) is 36.2 Å². The number of nitro groups is 1. The summed E-state index contributed by atoms with van der Waals surface area (Å²) in [5.74, 6) is 0.143. The molecule has 1 N–H and O–H groups in total. The van der Waals surface area contributed by atoms with E-state index in [1.807, 2.05) is 0 Å². The van der Waals surface area contributed by atoms with Crippen molar-refractivity contribution in [3.05, 3.63) is 69.0 Å². The topological polar surface area (TPSA) is 85.1 Å². The van der Waals surface area contributed by atoms with E-state index in [-0.39, 0.29) is 22.6 Å². The fourth-order valence-electron chi connectivity index (χ4n) is 4.40. The minimum absolute atomic E-state index is 0.162. The molecule has 1 aromatic carbocycles. The Morgan fingerprint density at radius 3 is 3.04 bits per heavy atom. The molecule has 1 fully saturated rings. The van der Waals surface area contributed by atoms with Crippen molar-refractivity contribution in [2.45, 2.75) is 38.0 Å². The number of nitrogens with one attached hydrogen (secondary N) is 1. The number of nitrogens with zero attached hydrogens (tertiary/aromatic N) is 2. The molecule has 2 unspecified atom stereocenters. The van der Waals surface area contributed by atoms with E-state index in [0.29, 0.717) is 18.2 Å². The Morgan fingerprint density at radius 1 is 1.42 bits per heavy atom. The molecule has 2 atom stereocenters. The first kappa shape index (κ1) is 16.7. The highest BCUT2D eigenvalue weighted by atomic mass is 16.6. The van der Waals surface area contributed by atoms with E-state index in [2.05, 4.69) is 34.6 Å². The number of amides is 1. The van der Waals surface area contributed by atoms with Crippen LogP contribution in [0.25, 0.3) is 0 Å². The zero-order valence-corrected chi connectivity index (χ0v) is 14.7. The highest BCUT2D eigenvalue weighted by Gasteiger charge is 2.56. The van der Waals surface area contributed by atoms with E-state index < -0.39 is 4.92 Å². The number of rotatable bonds is 4. The first-order valence-electron chi connectivity index (χ1n) is 8.99. The molecular weight excluding hydrogens is 330 g/mol. The Kier molecular flexibility index (Phi) is 3.98. The lowest BCUT2D eigenvalue weighted by atomic mass is 9.78. The maximum Gasteiger partial charge on any atom is 0.288 e. The molecule has 2 aromatic rings. The zero-order chi connectivity index (χ0) is 18.3. The van der Waals surface area contributed by atoms with Crippen LogP contribution in [0.3, 0.4) is 0 Å². The Balaban J connectivity index is 1.46. The molecule has 1 heterocycles. The van der Waals surface area contributed by atoms with Crippen molar-refractivity contribution in [2.75, 3.05) is 6.54 Å². The third-order valence-corrected chi connectivity index (χ3v) is 5.89. The number of hydrogen-bond acceptors (Lipinski definition) is 4. The van der Waals surface area contributed by atoms with Gasteiger partial charge in [0.15, 0.2) is 0 Å². The van der Waals surface area contributed by atoms with Crippen molar-refractivity contribution in [1.82, 2.24) is 10.3 Å². The molecule has 0 saturated heterocycles. The van der Waals surface area contributed by atoms with Gasteiger partial charge in [0, 0.05) is 18.0 Å². The second-order valence-corrected chi connectivity index (χ2v) is 7.36. The van der Waals surface area contributed by atoms with Crippen LogP contribution in [0.1, 0.15) is 46.4 Å². The summed E-state index contributed by atoms with van der Waals surface area (Å²) in [6.07, 6.45) is 5.77. The summed E-state index contributed by atoms with van der Waals surface area (Å²) >= 11 is 0. The van der Waals surface area contributed by atoms with Gasteiger partial charge in [-0.2, -0.15) is 0 Å². The lowest BCUT2D eigenvalue weighted by Gasteiger charge is -2.26. The molecule has 2 aliphatic rings. The van der Waals surface area contributed by atoms with Gasteiger partial charge in [-0.05, 0) is 49.7 Å². The normalized spacial score (nSPS) is 23.3. The van der Waals surface area contributed by atoms with Gasteiger partial charge in [0.1, 0.15) is 6.20 Å². The smallest absolute Gasteiger partial charge is 0.288 e. The first-order chi connectivity index (χ1) is 12.5. The van der Waals surface area contributed by atoms with Gasteiger partial charge in [-0.3, -0.25) is 19.9 Å². The highest BCUT2D eigenvalue weighted by Crippen LogP contribution is 2.59. The Bertz CT molecular complexity index is 896. The molecule has 4 rings (SSSR count). The molecule has 26 heavy (non-hydrogen) atoms. The second kappa shape index (κ2) is 6.20. The number of benzene rings is 1. The van der Waals surface area contributed by atoms with Crippen LogP contribution in [0, 0.1) is 23.0 Å².